The predicted octanol–water partition coefficient (Wildman–Crippen LogP) is 3.71. The summed E-state index contributed by atoms with van der Waals surface area (Å²) in [6, 6.07) is 18.7. The van der Waals surface area contributed by atoms with Gasteiger partial charge in [0, 0.05) is 0 Å². The number of fused-ring (bicyclic) bond motifs is 2. The molecule has 0 amide bonds. The zero-order valence-electron chi connectivity index (χ0n) is 10.7. The van der Waals surface area contributed by atoms with E-state index in [1.807, 2.05) is 18.2 Å². The van der Waals surface area contributed by atoms with E-state index < -0.39 is 0 Å². The van der Waals surface area contributed by atoms with Crippen LogP contribution in [0.1, 0.15) is 5.56 Å². The van der Waals surface area contributed by atoms with Crippen LogP contribution in [0.5, 0.6) is 0 Å². The van der Waals surface area contributed by atoms with Crippen molar-refractivity contribution in [1.29, 1.82) is 0 Å². The lowest BCUT2D eigenvalue weighted by Crippen LogP contribution is -2.04. The SMILES string of the molecule is COC(=O)Cc1ccc2cc3ccccc3cc2c1. The quantitative estimate of drug-likeness (QED) is 0.512. The summed E-state index contributed by atoms with van der Waals surface area (Å²) in [6.45, 7) is 0. The highest BCUT2D eigenvalue weighted by molar-refractivity contribution is 5.98. The predicted molar refractivity (Wildman–Crippen MR) is 77.2 cm³/mol. The summed E-state index contributed by atoms with van der Waals surface area (Å²) in [5, 5.41) is 4.79. The molecule has 0 saturated carbocycles. The minimum atomic E-state index is -0.208. The Morgan fingerprint density at radius 2 is 1.53 bits per heavy atom. The molecule has 0 fully saturated rings. The van der Waals surface area contributed by atoms with Crippen molar-refractivity contribution in [2.45, 2.75) is 6.42 Å². The summed E-state index contributed by atoms with van der Waals surface area (Å²) in [5.74, 6) is -0.208. The van der Waals surface area contributed by atoms with E-state index in [0.29, 0.717) is 6.42 Å². The number of benzene rings is 3. The highest BCUT2D eigenvalue weighted by atomic mass is 16.5. The van der Waals surface area contributed by atoms with Crippen molar-refractivity contribution in [3.05, 3.63) is 60.2 Å². The Hall–Kier alpha value is -2.35. The summed E-state index contributed by atoms with van der Waals surface area (Å²) >= 11 is 0. The van der Waals surface area contributed by atoms with Gasteiger partial charge in [0.2, 0.25) is 0 Å². The Labute approximate surface area is 111 Å². The second kappa shape index (κ2) is 4.73. The van der Waals surface area contributed by atoms with Crippen molar-refractivity contribution in [1.82, 2.24) is 0 Å². The lowest BCUT2D eigenvalue weighted by atomic mass is 10.0. The number of ether oxygens (including phenoxy) is 1. The molecule has 0 bridgehead atoms. The van der Waals surface area contributed by atoms with Gasteiger partial charge in [-0.3, -0.25) is 4.79 Å². The van der Waals surface area contributed by atoms with Gasteiger partial charge in [0.25, 0.3) is 0 Å². The van der Waals surface area contributed by atoms with Crippen LogP contribution in [-0.4, -0.2) is 13.1 Å². The van der Waals surface area contributed by atoms with Gasteiger partial charge in [-0.1, -0.05) is 42.5 Å². The zero-order chi connectivity index (χ0) is 13.2. The molecule has 0 spiro atoms. The first-order chi connectivity index (χ1) is 9.26. The molecule has 3 aromatic carbocycles. The van der Waals surface area contributed by atoms with E-state index in [2.05, 4.69) is 36.4 Å². The van der Waals surface area contributed by atoms with Gasteiger partial charge in [-0.2, -0.15) is 0 Å². The number of rotatable bonds is 2. The van der Waals surface area contributed by atoms with E-state index >= 15 is 0 Å². The van der Waals surface area contributed by atoms with Crippen molar-refractivity contribution in [2.24, 2.45) is 0 Å². The van der Waals surface area contributed by atoms with Crippen LogP contribution in [0.2, 0.25) is 0 Å². The van der Waals surface area contributed by atoms with Crippen molar-refractivity contribution in [3.8, 4) is 0 Å². The first kappa shape index (κ1) is 11.7. The molecule has 2 nitrogen and oxygen atoms in total. The van der Waals surface area contributed by atoms with Crippen LogP contribution in [0.15, 0.2) is 54.6 Å². The van der Waals surface area contributed by atoms with Gasteiger partial charge in [-0.05, 0) is 39.2 Å². The van der Waals surface area contributed by atoms with Crippen LogP contribution in [-0.2, 0) is 16.0 Å². The number of esters is 1. The molecular formula is C17H14O2. The minimum Gasteiger partial charge on any atom is -0.469 e. The summed E-state index contributed by atoms with van der Waals surface area (Å²) in [5.41, 5.74) is 0.981. The van der Waals surface area contributed by atoms with Gasteiger partial charge in [0.15, 0.2) is 0 Å². The maximum absolute atomic E-state index is 11.3. The number of methoxy groups -OCH3 is 1. The summed E-state index contributed by atoms with van der Waals surface area (Å²) < 4.78 is 4.70. The van der Waals surface area contributed by atoms with Crippen LogP contribution in [0.3, 0.4) is 0 Å². The number of hydrogen-bond acceptors (Lipinski definition) is 2. The molecule has 0 aliphatic carbocycles. The molecule has 0 heterocycles. The van der Waals surface area contributed by atoms with Crippen LogP contribution >= 0.6 is 0 Å². The molecule has 0 atom stereocenters. The van der Waals surface area contributed by atoms with E-state index in [-0.39, 0.29) is 5.97 Å². The van der Waals surface area contributed by atoms with Crippen molar-refractivity contribution >= 4 is 27.5 Å². The fraction of sp³-hybridized carbons (Fsp3) is 0.118. The van der Waals surface area contributed by atoms with E-state index in [1.165, 1.54) is 23.3 Å². The molecule has 3 rings (SSSR count). The maximum atomic E-state index is 11.3. The van der Waals surface area contributed by atoms with Crippen molar-refractivity contribution in [3.63, 3.8) is 0 Å². The fourth-order valence-corrected chi connectivity index (χ4v) is 2.34. The molecule has 0 saturated heterocycles. The van der Waals surface area contributed by atoms with Gasteiger partial charge >= 0.3 is 5.97 Å². The number of carbonyl (C=O) groups excluding carboxylic acids is 1. The summed E-state index contributed by atoms with van der Waals surface area (Å²) in [7, 11) is 1.41. The Kier molecular flexibility index (Phi) is 2.92. The van der Waals surface area contributed by atoms with Gasteiger partial charge in [0.1, 0.15) is 0 Å². The van der Waals surface area contributed by atoms with E-state index in [4.69, 9.17) is 4.74 Å². The molecule has 0 aliphatic rings. The largest absolute Gasteiger partial charge is 0.469 e. The average Bonchev–Trinajstić information content (AvgIpc) is 2.45. The Morgan fingerprint density at radius 3 is 2.21 bits per heavy atom. The topological polar surface area (TPSA) is 26.3 Å². The molecule has 19 heavy (non-hydrogen) atoms. The molecule has 0 radical (unpaired) electrons. The lowest BCUT2D eigenvalue weighted by Gasteiger charge is -2.05. The molecule has 2 heteroatoms. The average molecular weight is 250 g/mol. The third kappa shape index (κ3) is 2.29. The molecule has 0 unspecified atom stereocenters. The molecule has 3 aromatic rings. The van der Waals surface area contributed by atoms with Gasteiger partial charge in [0.05, 0.1) is 13.5 Å². The van der Waals surface area contributed by atoms with E-state index in [1.54, 1.807) is 0 Å². The molecular weight excluding hydrogens is 236 g/mol. The summed E-state index contributed by atoms with van der Waals surface area (Å²) in [6.07, 6.45) is 0.319. The van der Waals surface area contributed by atoms with Gasteiger partial charge in [-0.25, -0.2) is 0 Å². The number of carbonyl (C=O) groups is 1. The van der Waals surface area contributed by atoms with E-state index in [0.717, 1.165) is 10.9 Å². The van der Waals surface area contributed by atoms with Gasteiger partial charge in [-0.15, -0.1) is 0 Å². The highest BCUT2D eigenvalue weighted by Gasteiger charge is 2.04. The molecule has 0 aliphatic heterocycles. The van der Waals surface area contributed by atoms with E-state index in [9.17, 15) is 4.79 Å². The minimum absolute atomic E-state index is 0.208. The fourth-order valence-electron chi connectivity index (χ4n) is 2.34. The van der Waals surface area contributed by atoms with Crippen LogP contribution < -0.4 is 0 Å². The second-order valence-corrected chi connectivity index (χ2v) is 4.63. The monoisotopic (exact) mass is 250 g/mol. The molecule has 0 aromatic heterocycles. The van der Waals surface area contributed by atoms with Crippen LogP contribution in [0, 0.1) is 0 Å². The van der Waals surface area contributed by atoms with Crippen LogP contribution in [0.25, 0.3) is 21.5 Å². The lowest BCUT2D eigenvalue weighted by molar-refractivity contribution is -0.139. The van der Waals surface area contributed by atoms with Crippen LogP contribution in [0.4, 0.5) is 0 Å². The maximum Gasteiger partial charge on any atom is 0.309 e. The zero-order valence-corrected chi connectivity index (χ0v) is 10.7. The van der Waals surface area contributed by atoms with Crippen molar-refractivity contribution in [2.75, 3.05) is 7.11 Å². The summed E-state index contributed by atoms with van der Waals surface area (Å²) in [4.78, 5) is 11.3. The second-order valence-electron chi connectivity index (χ2n) is 4.63. The molecule has 94 valence electrons. The Balaban J connectivity index is 2.11. The standard InChI is InChI=1S/C17H14O2/c1-19-17(18)9-12-6-7-15-10-13-4-2-3-5-14(13)11-16(15)8-12/h2-8,10-11H,9H2,1H3. The Morgan fingerprint density at radius 1 is 0.895 bits per heavy atom. The first-order valence-electron chi connectivity index (χ1n) is 6.24. The number of hydrogen-bond donors (Lipinski definition) is 0. The molecule has 0 N–H and O–H groups in total. The smallest absolute Gasteiger partial charge is 0.309 e. The first-order valence-corrected chi connectivity index (χ1v) is 6.24. The highest BCUT2D eigenvalue weighted by Crippen LogP contribution is 2.23. The Bertz CT molecular complexity index is 759. The third-order valence-corrected chi connectivity index (χ3v) is 3.35. The normalized spacial score (nSPS) is 10.8. The van der Waals surface area contributed by atoms with Crippen molar-refractivity contribution < 1.29 is 9.53 Å². The third-order valence-electron chi connectivity index (χ3n) is 3.35. The van der Waals surface area contributed by atoms with Gasteiger partial charge < -0.3 is 4.74 Å².